The van der Waals surface area contributed by atoms with Crippen LogP contribution in [0.15, 0.2) is 66.9 Å². The lowest BCUT2D eigenvalue weighted by atomic mass is 10.2. The van der Waals surface area contributed by atoms with Crippen molar-refractivity contribution >= 4 is 35.2 Å². The maximum Gasteiger partial charge on any atom is 0.417 e. The minimum Gasteiger partial charge on any atom is -0.457 e. The largest absolute Gasteiger partial charge is 0.457 e. The number of anilines is 1. The molecule has 2 aromatic carbocycles. The van der Waals surface area contributed by atoms with Crippen molar-refractivity contribution in [2.45, 2.75) is 6.18 Å². The Morgan fingerprint density at radius 3 is 2.61 bits per heavy atom. The molecule has 0 fully saturated rings. The summed E-state index contributed by atoms with van der Waals surface area (Å²) in [7, 11) is 1.53. The summed E-state index contributed by atoms with van der Waals surface area (Å²) in [5.41, 5.74) is -0.311. The summed E-state index contributed by atoms with van der Waals surface area (Å²) < 4.78 is 49.7. The van der Waals surface area contributed by atoms with Gasteiger partial charge < -0.3 is 20.1 Å². The van der Waals surface area contributed by atoms with E-state index in [2.05, 4.69) is 15.6 Å². The van der Waals surface area contributed by atoms with Gasteiger partial charge in [-0.1, -0.05) is 23.7 Å². The average molecular weight is 520 g/mol. The molecule has 0 bridgehead atoms. The second-order valence-electron chi connectivity index (χ2n) is 7.32. The summed E-state index contributed by atoms with van der Waals surface area (Å²) in [6.07, 6.45) is -0.549. The fourth-order valence-corrected chi connectivity index (χ4v) is 3.17. The highest BCUT2D eigenvalue weighted by atomic mass is 35.5. The summed E-state index contributed by atoms with van der Waals surface area (Å²) in [6, 6.07) is 12.9. The van der Waals surface area contributed by atoms with Crippen LogP contribution in [0.1, 0.15) is 21.6 Å². The van der Waals surface area contributed by atoms with Gasteiger partial charge in [0.2, 0.25) is 5.91 Å². The number of halogens is 4. The third kappa shape index (κ3) is 7.82. The minimum atomic E-state index is -4.64. The van der Waals surface area contributed by atoms with E-state index in [4.69, 9.17) is 21.1 Å². The van der Waals surface area contributed by atoms with Gasteiger partial charge in [-0.2, -0.15) is 13.2 Å². The molecule has 3 aromatic rings. The normalized spacial score (nSPS) is 11.4. The molecule has 0 aliphatic carbocycles. The molecule has 11 heteroatoms. The van der Waals surface area contributed by atoms with Gasteiger partial charge in [-0.25, -0.2) is 0 Å². The van der Waals surface area contributed by atoms with Gasteiger partial charge in [-0.15, -0.1) is 0 Å². The predicted octanol–water partition coefficient (Wildman–Crippen LogP) is 5.57. The van der Waals surface area contributed by atoms with Gasteiger partial charge >= 0.3 is 6.18 Å². The van der Waals surface area contributed by atoms with Gasteiger partial charge in [0.05, 0.1) is 17.2 Å². The molecular weight excluding hydrogens is 499 g/mol. The lowest BCUT2D eigenvalue weighted by molar-refractivity contribution is -0.137. The second-order valence-corrected chi connectivity index (χ2v) is 7.72. The lowest BCUT2D eigenvalue weighted by Crippen LogP contribution is -2.27. The molecule has 0 atom stereocenters. The zero-order valence-corrected chi connectivity index (χ0v) is 19.7. The van der Waals surface area contributed by atoms with Gasteiger partial charge in [0.15, 0.2) is 0 Å². The van der Waals surface area contributed by atoms with Crippen LogP contribution in [0.4, 0.5) is 18.9 Å². The Bertz CT molecular complexity index is 1270. The first kappa shape index (κ1) is 26.7. The molecule has 188 valence electrons. The number of carbonyl (C=O) groups is 2. The van der Waals surface area contributed by atoms with Crippen molar-refractivity contribution in [1.29, 1.82) is 0 Å². The molecule has 0 radical (unpaired) electrons. The minimum absolute atomic E-state index is 0.0433. The standard InChI is InChI=1S/C25H21ClF3N3O4/c1-35-12-11-31-24(34)22-15-19(9-10-30-22)36-18-4-2-3-16(13-18)5-8-23(33)32-17-6-7-21(26)20(14-17)25(27,28)29/h2-10,13-15H,11-12H2,1H3,(H,31,34)(H,32,33). The summed E-state index contributed by atoms with van der Waals surface area (Å²) in [4.78, 5) is 28.4. The highest BCUT2D eigenvalue weighted by Crippen LogP contribution is 2.36. The molecule has 3 rings (SSSR count). The van der Waals surface area contributed by atoms with Crippen molar-refractivity contribution < 1.29 is 32.2 Å². The third-order valence-electron chi connectivity index (χ3n) is 4.62. The molecule has 0 saturated heterocycles. The number of ether oxygens (including phenoxy) is 2. The number of alkyl halides is 3. The number of hydrogen-bond donors (Lipinski definition) is 2. The molecule has 0 aliphatic rings. The topological polar surface area (TPSA) is 89.5 Å². The van der Waals surface area contributed by atoms with Gasteiger partial charge in [-0.05, 0) is 48.0 Å². The Morgan fingerprint density at radius 2 is 1.86 bits per heavy atom. The number of hydrogen-bond acceptors (Lipinski definition) is 5. The summed E-state index contributed by atoms with van der Waals surface area (Å²) in [6.45, 7) is 0.708. The zero-order valence-electron chi connectivity index (χ0n) is 18.9. The van der Waals surface area contributed by atoms with E-state index in [-0.39, 0.29) is 17.3 Å². The molecule has 1 aromatic heterocycles. The van der Waals surface area contributed by atoms with Crippen molar-refractivity contribution in [3.63, 3.8) is 0 Å². The van der Waals surface area contributed by atoms with Crippen LogP contribution in [0.5, 0.6) is 11.5 Å². The smallest absolute Gasteiger partial charge is 0.417 e. The fraction of sp³-hybridized carbons (Fsp3) is 0.160. The number of pyridine rings is 1. The average Bonchev–Trinajstić information content (AvgIpc) is 2.84. The lowest BCUT2D eigenvalue weighted by Gasteiger charge is -2.11. The number of aromatic nitrogens is 1. The van der Waals surface area contributed by atoms with E-state index >= 15 is 0 Å². The van der Waals surface area contributed by atoms with Crippen LogP contribution in [0.2, 0.25) is 5.02 Å². The van der Waals surface area contributed by atoms with E-state index in [1.54, 1.807) is 30.3 Å². The summed E-state index contributed by atoms with van der Waals surface area (Å²) in [5.74, 6) is -0.191. The fourth-order valence-electron chi connectivity index (χ4n) is 2.95. The number of nitrogens with zero attached hydrogens (tertiary/aromatic N) is 1. The molecule has 0 saturated carbocycles. The number of methoxy groups -OCH3 is 1. The monoisotopic (exact) mass is 519 g/mol. The van der Waals surface area contributed by atoms with E-state index in [9.17, 15) is 22.8 Å². The number of amides is 2. The first-order valence-corrected chi connectivity index (χ1v) is 10.9. The van der Waals surface area contributed by atoms with E-state index in [0.717, 1.165) is 12.1 Å². The summed E-state index contributed by atoms with van der Waals surface area (Å²) in [5, 5.41) is 4.58. The van der Waals surface area contributed by atoms with Crippen LogP contribution in [0.3, 0.4) is 0 Å². The molecule has 0 unspecified atom stereocenters. The molecular formula is C25H21ClF3N3O4. The predicted molar refractivity (Wildman–Crippen MR) is 129 cm³/mol. The SMILES string of the molecule is COCCNC(=O)c1cc(Oc2cccc(C=CC(=O)Nc3ccc(Cl)c(C(F)(F)F)c3)c2)ccn1. The Morgan fingerprint density at radius 1 is 1.08 bits per heavy atom. The van der Waals surface area contributed by atoms with Crippen molar-refractivity contribution in [1.82, 2.24) is 10.3 Å². The van der Waals surface area contributed by atoms with Crippen LogP contribution >= 0.6 is 11.6 Å². The van der Waals surface area contributed by atoms with Gasteiger partial charge in [0.25, 0.3) is 5.91 Å². The molecule has 2 N–H and O–H groups in total. The quantitative estimate of drug-likeness (QED) is 0.285. The number of nitrogens with one attached hydrogen (secondary N) is 2. The van der Waals surface area contributed by atoms with E-state index in [0.29, 0.717) is 30.2 Å². The van der Waals surface area contributed by atoms with E-state index < -0.39 is 22.7 Å². The van der Waals surface area contributed by atoms with Crippen molar-refractivity contribution in [3.05, 3.63) is 88.7 Å². The molecule has 0 spiro atoms. The molecule has 0 aliphatic heterocycles. The molecule has 36 heavy (non-hydrogen) atoms. The Kier molecular flexibility index (Phi) is 9.04. The number of rotatable bonds is 9. The van der Waals surface area contributed by atoms with Crippen molar-refractivity contribution in [3.8, 4) is 11.5 Å². The first-order chi connectivity index (χ1) is 17.2. The van der Waals surface area contributed by atoms with E-state index in [1.165, 1.54) is 37.6 Å². The maximum atomic E-state index is 13.0. The Hall–Kier alpha value is -3.89. The Balaban J connectivity index is 1.64. The van der Waals surface area contributed by atoms with Gasteiger partial charge in [0.1, 0.15) is 17.2 Å². The van der Waals surface area contributed by atoms with Crippen LogP contribution in [0, 0.1) is 0 Å². The highest BCUT2D eigenvalue weighted by Gasteiger charge is 2.33. The van der Waals surface area contributed by atoms with Crippen molar-refractivity contribution in [2.75, 3.05) is 25.6 Å². The molecule has 1 heterocycles. The van der Waals surface area contributed by atoms with E-state index in [1.807, 2.05) is 0 Å². The maximum absolute atomic E-state index is 13.0. The van der Waals surface area contributed by atoms with Gasteiger partial charge in [-0.3, -0.25) is 14.6 Å². The van der Waals surface area contributed by atoms with Crippen LogP contribution in [0.25, 0.3) is 6.08 Å². The Labute approximate surface area is 209 Å². The highest BCUT2D eigenvalue weighted by molar-refractivity contribution is 6.31. The van der Waals surface area contributed by atoms with Crippen LogP contribution < -0.4 is 15.4 Å². The zero-order chi connectivity index (χ0) is 26.1. The molecule has 7 nitrogen and oxygen atoms in total. The summed E-state index contributed by atoms with van der Waals surface area (Å²) >= 11 is 5.59. The van der Waals surface area contributed by atoms with Crippen LogP contribution in [-0.2, 0) is 15.7 Å². The molecule has 2 amide bonds. The number of benzene rings is 2. The number of carbonyl (C=O) groups excluding carboxylic acids is 2. The third-order valence-corrected chi connectivity index (χ3v) is 4.95. The van der Waals surface area contributed by atoms with Crippen LogP contribution in [-0.4, -0.2) is 37.1 Å². The second kappa shape index (κ2) is 12.2. The van der Waals surface area contributed by atoms with Gasteiger partial charge in [0, 0.05) is 37.7 Å². The van der Waals surface area contributed by atoms with Crippen molar-refractivity contribution in [2.24, 2.45) is 0 Å². The first-order valence-electron chi connectivity index (χ1n) is 10.5.